The molecular weight excluding hydrogens is 245 g/mol. The molecule has 0 bridgehead atoms. The molecule has 3 aromatic rings. The molecular formula is C14H12FN3O. The number of benzene rings is 1. The zero-order chi connectivity index (χ0) is 13.4. The second-order valence-corrected chi connectivity index (χ2v) is 4.37. The third kappa shape index (κ3) is 1.98. The van der Waals surface area contributed by atoms with Crippen molar-refractivity contribution in [2.24, 2.45) is 7.05 Å². The summed E-state index contributed by atoms with van der Waals surface area (Å²) in [5, 5.41) is 15.5. The maximum atomic E-state index is 13.2. The minimum absolute atomic E-state index is 0.392. The van der Waals surface area contributed by atoms with Crippen molar-refractivity contribution in [3.63, 3.8) is 0 Å². The number of aromatic nitrogens is 3. The molecule has 1 N–H and O–H groups in total. The van der Waals surface area contributed by atoms with Crippen LogP contribution < -0.4 is 0 Å². The van der Waals surface area contributed by atoms with Gasteiger partial charge in [-0.2, -0.15) is 5.10 Å². The van der Waals surface area contributed by atoms with Gasteiger partial charge in [-0.05, 0) is 12.1 Å². The summed E-state index contributed by atoms with van der Waals surface area (Å²) in [5.41, 5.74) is 1.82. The average Bonchev–Trinajstić information content (AvgIpc) is 2.76. The number of hydrogen-bond acceptors (Lipinski definition) is 3. The van der Waals surface area contributed by atoms with Gasteiger partial charge in [0.25, 0.3) is 0 Å². The predicted molar refractivity (Wildman–Crippen MR) is 69.0 cm³/mol. The van der Waals surface area contributed by atoms with E-state index in [0.717, 1.165) is 17.1 Å². The molecule has 0 radical (unpaired) electrons. The lowest BCUT2D eigenvalue weighted by Gasteiger charge is -2.08. The van der Waals surface area contributed by atoms with Crippen LogP contribution in [0, 0.1) is 5.82 Å². The number of para-hydroxylation sites is 1. The molecule has 0 aliphatic heterocycles. The molecule has 0 fully saturated rings. The van der Waals surface area contributed by atoms with Crippen LogP contribution in [0.3, 0.4) is 0 Å². The van der Waals surface area contributed by atoms with Gasteiger partial charge in [0.2, 0.25) is 0 Å². The van der Waals surface area contributed by atoms with E-state index in [1.165, 1.54) is 12.3 Å². The minimum Gasteiger partial charge on any atom is -0.382 e. The maximum Gasteiger partial charge on any atom is 0.141 e. The first-order valence-electron chi connectivity index (χ1n) is 5.87. The van der Waals surface area contributed by atoms with Gasteiger partial charge in [0.05, 0.1) is 11.7 Å². The van der Waals surface area contributed by atoms with Crippen LogP contribution in [0.25, 0.3) is 10.9 Å². The zero-order valence-electron chi connectivity index (χ0n) is 10.3. The molecule has 1 aromatic carbocycles. The summed E-state index contributed by atoms with van der Waals surface area (Å²) in [6, 6.07) is 8.85. The number of aliphatic hydroxyl groups excluding tert-OH is 1. The minimum atomic E-state index is -0.991. The van der Waals surface area contributed by atoms with Crippen molar-refractivity contribution in [3.8, 4) is 0 Å². The Labute approximate surface area is 109 Å². The van der Waals surface area contributed by atoms with E-state index >= 15 is 0 Å². The Morgan fingerprint density at radius 1 is 1.26 bits per heavy atom. The van der Waals surface area contributed by atoms with Crippen molar-refractivity contribution in [3.05, 3.63) is 59.8 Å². The zero-order valence-corrected chi connectivity index (χ0v) is 10.3. The number of aliphatic hydroxyl groups is 1. The van der Waals surface area contributed by atoms with E-state index in [0.29, 0.717) is 11.3 Å². The average molecular weight is 257 g/mol. The molecule has 0 aliphatic rings. The van der Waals surface area contributed by atoms with Crippen molar-refractivity contribution in [1.82, 2.24) is 14.8 Å². The molecule has 19 heavy (non-hydrogen) atoms. The van der Waals surface area contributed by atoms with Gasteiger partial charge in [0.1, 0.15) is 17.6 Å². The van der Waals surface area contributed by atoms with Crippen LogP contribution >= 0.6 is 0 Å². The van der Waals surface area contributed by atoms with E-state index in [9.17, 15) is 9.50 Å². The van der Waals surface area contributed by atoms with Crippen LogP contribution in [0.2, 0.25) is 0 Å². The van der Waals surface area contributed by atoms with Gasteiger partial charge in [-0.1, -0.05) is 18.2 Å². The largest absolute Gasteiger partial charge is 0.382 e. The predicted octanol–water partition coefficient (Wildman–Crippen LogP) is 2.19. The number of hydrogen-bond donors (Lipinski definition) is 1. The second kappa shape index (κ2) is 4.44. The van der Waals surface area contributed by atoms with E-state index < -0.39 is 11.9 Å². The molecule has 0 amide bonds. The smallest absolute Gasteiger partial charge is 0.141 e. The molecule has 0 aliphatic carbocycles. The van der Waals surface area contributed by atoms with Crippen LogP contribution in [0.4, 0.5) is 4.39 Å². The highest BCUT2D eigenvalue weighted by atomic mass is 19.1. The van der Waals surface area contributed by atoms with Crippen molar-refractivity contribution >= 4 is 10.9 Å². The van der Waals surface area contributed by atoms with Crippen LogP contribution in [-0.2, 0) is 7.05 Å². The molecule has 96 valence electrons. The van der Waals surface area contributed by atoms with Gasteiger partial charge in [-0.25, -0.2) is 4.39 Å². The monoisotopic (exact) mass is 257 g/mol. The molecule has 4 nitrogen and oxygen atoms in total. The first-order valence-corrected chi connectivity index (χ1v) is 5.87. The van der Waals surface area contributed by atoms with Crippen molar-refractivity contribution in [2.75, 3.05) is 0 Å². The molecule has 2 heterocycles. The van der Waals surface area contributed by atoms with Gasteiger partial charge in [-0.15, -0.1) is 0 Å². The SMILES string of the molecule is Cn1nc(C(O)c2cncc(F)c2)c2ccccc21. The number of nitrogens with zero attached hydrogens (tertiary/aromatic N) is 3. The lowest BCUT2D eigenvalue weighted by molar-refractivity contribution is 0.214. The molecule has 1 atom stereocenters. The van der Waals surface area contributed by atoms with Gasteiger partial charge < -0.3 is 5.11 Å². The van der Waals surface area contributed by atoms with E-state index in [1.54, 1.807) is 4.68 Å². The Morgan fingerprint density at radius 2 is 2.05 bits per heavy atom. The van der Waals surface area contributed by atoms with E-state index in [1.807, 2.05) is 31.3 Å². The van der Waals surface area contributed by atoms with Gasteiger partial charge in [0, 0.05) is 24.2 Å². The fraction of sp³-hybridized carbons (Fsp3) is 0.143. The lowest BCUT2D eigenvalue weighted by atomic mass is 10.1. The summed E-state index contributed by atoms with van der Waals surface area (Å²) >= 11 is 0. The number of halogens is 1. The summed E-state index contributed by atoms with van der Waals surface area (Å²) in [6.45, 7) is 0. The Hall–Kier alpha value is -2.27. The number of fused-ring (bicyclic) bond motifs is 1. The van der Waals surface area contributed by atoms with Crippen LogP contribution in [-0.4, -0.2) is 19.9 Å². The quantitative estimate of drug-likeness (QED) is 0.765. The molecule has 0 spiro atoms. The molecule has 1 unspecified atom stereocenters. The summed E-state index contributed by atoms with van der Waals surface area (Å²) in [7, 11) is 1.81. The Balaban J connectivity index is 2.14. The molecule has 2 aromatic heterocycles. The first-order chi connectivity index (χ1) is 9.16. The molecule has 3 rings (SSSR count). The molecule has 0 saturated carbocycles. The Kier molecular flexibility index (Phi) is 2.76. The van der Waals surface area contributed by atoms with Gasteiger partial charge in [0.15, 0.2) is 0 Å². The standard InChI is InChI=1S/C14H12FN3O/c1-18-12-5-3-2-4-11(12)13(17-18)14(19)9-6-10(15)8-16-7-9/h2-8,14,19H,1H3. The highest BCUT2D eigenvalue weighted by Crippen LogP contribution is 2.27. The van der Waals surface area contributed by atoms with Crippen molar-refractivity contribution in [1.29, 1.82) is 0 Å². The second-order valence-electron chi connectivity index (χ2n) is 4.37. The first kappa shape index (κ1) is 11.8. The summed E-state index contributed by atoms with van der Waals surface area (Å²) in [4.78, 5) is 3.75. The van der Waals surface area contributed by atoms with E-state index in [-0.39, 0.29) is 0 Å². The Morgan fingerprint density at radius 3 is 2.84 bits per heavy atom. The van der Waals surface area contributed by atoms with E-state index in [4.69, 9.17) is 0 Å². The number of pyridine rings is 1. The summed E-state index contributed by atoms with van der Waals surface area (Å²) in [6.07, 6.45) is 1.55. The molecule has 0 saturated heterocycles. The third-order valence-corrected chi connectivity index (χ3v) is 3.09. The van der Waals surface area contributed by atoms with Crippen molar-refractivity contribution < 1.29 is 9.50 Å². The van der Waals surface area contributed by atoms with Crippen molar-refractivity contribution in [2.45, 2.75) is 6.10 Å². The fourth-order valence-corrected chi connectivity index (χ4v) is 2.18. The normalized spacial score (nSPS) is 12.8. The van der Waals surface area contributed by atoms with Crippen LogP contribution in [0.1, 0.15) is 17.4 Å². The maximum absolute atomic E-state index is 13.2. The van der Waals surface area contributed by atoms with Crippen LogP contribution in [0.5, 0.6) is 0 Å². The Bertz CT molecular complexity index is 738. The number of aryl methyl sites for hydroxylation is 1. The highest BCUT2D eigenvalue weighted by Gasteiger charge is 2.18. The highest BCUT2D eigenvalue weighted by molar-refractivity contribution is 5.82. The lowest BCUT2D eigenvalue weighted by Crippen LogP contribution is -2.03. The van der Waals surface area contributed by atoms with Crippen LogP contribution in [0.15, 0.2) is 42.7 Å². The molecule has 5 heteroatoms. The van der Waals surface area contributed by atoms with Gasteiger partial charge in [-0.3, -0.25) is 9.67 Å². The number of rotatable bonds is 2. The summed E-state index contributed by atoms with van der Waals surface area (Å²) in [5.74, 6) is -0.475. The fourth-order valence-electron chi connectivity index (χ4n) is 2.18. The topological polar surface area (TPSA) is 50.9 Å². The summed E-state index contributed by atoms with van der Waals surface area (Å²) < 4.78 is 14.9. The third-order valence-electron chi connectivity index (χ3n) is 3.09. The van der Waals surface area contributed by atoms with E-state index in [2.05, 4.69) is 10.1 Å². The van der Waals surface area contributed by atoms with Gasteiger partial charge >= 0.3 is 0 Å².